The van der Waals surface area contributed by atoms with Crippen LogP contribution >= 0.6 is 9.24 Å². The van der Waals surface area contributed by atoms with Gasteiger partial charge in [0.25, 0.3) is 0 Å². The highest BCUT2D eigenvalue weighted by atomic mass is 31.0. The molecule has 78 valence electrons. The molecule has 0 aliphatic rings. The molecule has 5 atom stereocenters. The van der Waals surface area contributed by atoms with Crippen molar-refractivity contribution in [1.29, 1.82) is 0 Å². The second-order valence-corrected chi connectivity index (χ2v) is 3.22. The number of hydrogen-bond acceptors (Lipinski definition) is 6. The van der Waals surface area contributed by atoms with E-state index in [0.717, 1.165) is 0 Å². The third-order valence-electron chi connectivity index (χ3n) is 1.46. The highest BCUT2D eigenvalue weighted by Crippen LogP contribution is 2.07. The summed E-state index contributed by atoms with van der Waals surface area (Å²) in [6, 6.07) is 0. The Bertz CT molecular complexity index is 173. The first-order chi connectivity index (χ1) is 5.91. The van der Waals surface area contributed by atoms with Gasteiger partial charge in [0.2, 0.25) is 0 Å². The van der Waals surface area contributed by atoms with Crippen molar-refractivity contribution in [3.05, 3.63) is 0 Å². The summed E-state index contributed by atoms with van der Waals surface area (Å²) >= 11 is 0. The van der Waals surface area contributed by atoms with Gasteiger partial charge in [-0.2, -0.15) is 0 Å². The van der Waals surface area contributed by atoms with E-state index in [1.165, 1.54) is 0 Å². The maximum Gasteiger partial charge on any atom is 0.195 e. The number of aliphatic hydroxyl groups excluding tert-OH is 5. The van der Waals surface area contributed by atoms with Gasteiger partial charge in [-0.25, -0.2) is 0 Å². The molecule has 6 nitrogen and oxygen atoms in total. The average Bonchev–Trinajstić information content (AvgIpc) is 2.12. The fraction of sp³-hybridized carbons (Fsp3) is 0.833. The molecule has 2 unspecified atom stereocenters. The molecule has 0 aromatic heterocycles. The molecule has 0 saturated heterocycles. The molecule has 5 N–H and O–H groups in total. The Balaban J connectivity index is 4.25. The van der Waals surface area contributed by atoms with E-state index in [1.54, 1.807) is 9.24 Å². The van der Waals surface area contributed by atoms with Gasteiger partial charge in [-0.05, 0) is 0 Å². The van der Waals surface area contributed by atoms with Crippen LogP contribution in [0.1, 0.15) is 0 Å². The van der Waals surface area contributed by atoms with Crippen molar-refractivity contribution in [2.75, 3.05) is 6.61 Å². The molecule has 0 aromatic carbocycles. The van der Waals surface area contributed by atoms with Crippen LogP contribution in [-0.2, 0) is 4.79 Å². The Morgan fingerprint density at radius 2 is 1.62 bits per heavy atom. The molecule has 0 spiro atoms. The Morgan fingerprint density at radius 1 is 1.15 bits per heavy atom. The van der Waals surface area contributed by atoms with Crippen LogP contribution in [0, 0.1) is 0 Å². The second-order valence-electron chi connectivity index (χ2n) is 2.53. The summed E-state index contributed by atoms with van der Waals surface area (Å²) in [4.78, 5) is 10.9. The van der Waals surface area contributed by atoms with Crippen molar-refractivity contribution >= 4 is 15.0 Å². The van der Waals surface area contributed by atoms with Gasteiger partial charge >= 0.3 is 0 Å². The number of aliphatic hydroxyl groups is 5. The molecule has 0 aliphatic heterocycles. The SMILES string of the molecule is O=C([C@@H](O)C(O)P)[C@H](O)[C@H](O)CO. The largest absolute Gasteiger partial charge is 0.394 e. The van der Waals surface area contributed by atoms with Gasteiger partial charge < -0.3 is 25.5 Å². The van der Waals surface area contributed by atoms with E-state index >= 15 is 0 Å². The Hall–Kier alpha value is -0.100. The zero-order valence-corrected chi connectivity index (χ0v) is 7.89. The van der Waals surface area contributed by atoms with Crippen LogP contribution in [0.4, 0.5) is 0 Å². The molecular formula is C6H13O6P. The summed E-state index contributed by atoms with van der Waals surface area (Å²) in [6.07, 6.45) is -5.33. The van der Waals surface area contributed by atoms with Gasteiger partial charge in [0.15, 0.2) is 5.78 Å². The van der Waals surface area contributed by atoms with Gasteiger partial charge in [-0.1, -0.05) is 0 Å². The molecule has 7 heteroatoms. The van der Waals surface area contributed by atoms with E-state index in [0.29, 0.717) is 0 Å². The summed E-state index contributed by atoms with van der Waals surface area (Å²) in [5.74, 6) is -2.54. The Labute approximate surface area is 77.0 Å². The number of ketones is 1. The van der Waals surface area contributed by atoms with E-state index in [-0.39, 0.29) is 0 Å². The molecule has 0 saturated carbocycles. The molecule has 0 heterocycles. The first-order valence-electron chi connectivity index (χ1n) is 3.54. The second kappa shape index (κ2) is 5.59. The highest BCUT2D eigenvalue weighted by molar-refractivity contribution is 7.17. The lowest BCUT2D eigenvalue weighted by molar-refractivity contribution is -0.145. The van der Waals surface area contributed by atoms with Crippen molar-refractivity contribution in [3.8, 4) is 0 Å². The number of carbonyl (C=O) groups excluding carboxylic acids is 1. The Kier molecular flexibility index (Phi) is 5.55. The van der Waals surface area contributed by atoms with Crippen molar-refractivity contribution < 1.29 is 30.3 Å². The van der Waals surface area contributed by atoms with E-state index in [9.17, 15) is 4.79 Å². The van der Waals surface area contributed by atoms with Gasteiger partial charge in [0, 0.05) is 0 Å². The van der Waals surface area contributed by atoms with E-state index in [1.807, 2.05) is 0 Å². The fourth-order valence-electron chi connectivity index (χ4n) is 0.633. The molecule has 0 aliphatic carbocycles. The third-order valence-corrected chi connectivity index (χ3v) is 1.82. The van der Waals surface area contributed by atoms with Crippen LogP contribution in [0.2, 0.25) is 0 Å². The molecule has 0 bridgehead atoms. The minimum Gasteiger partial charge on any atom is -0.394 e. The van der Waals surface area contributed by atoms with Crippen LogP contribution in [-0.4, -0.2) is 62.1 Å². The van der Waals surface area contributed by atoms with Gasteiger partial charge in [0.1, 0.15) is 24.2 Å². The molecule has 0 radical (unpaired) electrons. The highest BCUT2D eigenvalue weighted by Gasteiger charge is 2.31. The first kappa shape index (κ1) is 12.9. The van der Waals surface area contributed by atoms with E-state index in [2.05, 4.69) is 0 Å². The van der Waals surface area contributed by atoms with E-state index < -0.39 is 36.5 Å². The minimum atomic E-state index is -1.89. The number of carbonyl (C=O) groups is 1. The van der Waals surface area contributed by atoms with Crippen LogP contribution in [0.5, 0.6) is 0 Å². The zero-order valence-electron chi connectivity index (χ0n) is 6.74. The lowest BCUT2D eigenvalue weighted by Gasteiger charge is -2.19. The average molecular weight is 212 g/mol. The molecular weight excluding hydrogens is 199 g/mol. The predicted octanol–water partition coefficient (Wildman–Crippen LogP) is -3.18. The molecule has 0 amide bonds. The molecule has 0 aromatic rings. The van der Waals surface area contributed by atoms with Crippen molar-refractivity contribution in [1.82, 2.24) is 0 Å². The monoisotopic (exact) mass is 212 g/mol. The van der Waals surface area contributed by atoms with Crippen LogP contribution in [0.15, 0.2) is 0 Å². The van der Waals surface area contributed by atoms with Crippen LogP contribution in [0.25, 0.3) is 0 Å². The summed E-state index contributed by atoms with van der Waals surface area (Å²) in [5, 5.41) is 43.8. The predicted molar refractivity (Wildman–Crippen MR) is 45.8 cm³/mol. The molecule has 0 fully saturated rings. The lowest BCUT2D eigenvalue weighted by atomic mass is 10.1. The Morgan fingerprint density at radius 3 is 1.92 bits per heavy atom. The maximum atomic E-state index is 10.9. The van der Waals surface area contributed by atoms with Crippen molar-refractivity contribution in [2.24, 2.45) is 0 Å². The van der Waals surface area contributed by atoms with Crippen LogP contribution in [0.3, 0.4) is 0 Å². The summed E-state index contributed by atoms with van der Waals surface area (Å²) < 4.78 is 0. The smallest absolute Gasteiger partial charge is 0.195 e. The van der Waals surface area contributed by atoms with Crippen molar-refractivity contribution in [3.63, 3.8) is 0 Å². The van der Waals surface area contributed by atoms with E-state index in [4.69, 9.17) is 25.5 Å². The third kappa shape index (κ3) is 3.64. The normalized spacial score (nSPS) is 20.5. The standard InChI is InChI=1S/C6H13O6P/c7-1-2(8)3(9)4(10)5(11)6(12)13/h2-3,5-9,11-12H,1,13H2/t2-,3-,5-,6?/m1/s1. The number of rotatable bonds is 5. The maximum absolute atomic E-state index is 10.9. The summed E-state index contributed by atoms with van der Waals surface area (Å²) in [7, 11) is 1.76. The first-order valence-corrected chi connectivity index (χ1v) is 4.21. The number of Topliss-reactive ketones (excluding diaryl/α,β-unsaturated/α-hetero) is 1. The zero-order chi connectivity index (χ0) is 10.6. The minimum absolute atomic E-state index is 0.799. The lowest BCUT2D eigenvalue weighted by Crippen LogP contribution is -2.45. The quantitative estimate of drug-likeness (QED) is 0.307. The van der Waals surface area contributed by atoms with Gasteiger partial charge in [0.05, 0.1) is 6.61 Å². The van der Waals surface area contributed by atoms with Crippen molar-refractivity contribution in [2.45, 2.75) is 24.2 Å². The number of hydrogen-bond donors (Lipinski definition) is 5. The van der Waals surface area contributed by atoms with Gasteiger partial charge in [-0.15, -0.1) is 9.24 Å². The van der Waals surface area contributed by atoms with Gasteiger partial charge in [-0.3, -0.25) is 4.79 Å². The topological polar surface area (TPSA) is 118 Å². The summed E-state index contributed by atoms with van der Waals surface area (Å²) in [5.41, 5.74) is 0. The van der Waals surface area contributed by atoms with Crippen LogP contribution < -0.4 is 0 Å². The summed E-state index contributed by atoms with van der Waals surface area (Å²) in [6.45, 7) is -0.799. The fourth-order valence-corrected chi connectivity index (χ4v) is 0.822. The molecule has 13 heavy (non-hydrogen) atoms. The molecule has 0 rings (SSSR count).